The van der Waals surface area contributed by atoms with Gasteiger partial charge in [-0.2, -0.15) is 4.72 Å². The number of ether oxygens (including phenoxy) is 2. The molecule has 1 amide bonds. The van der Waals surface area contributed by atoms with Crippen LogP contribution in [0.15, 0.2) is 65.8 Å². The second-order valence-electron chi connectivity index (χ2n) is 11.2. The molecule has 0 bridgehead atoms. The molecule has 1 atom stereocenters. The Hall–Kier alpha value is -4.30. The van der Waals surface area contributed by atoms with E-state index in [0.29, 0.717) is 30.5 Å². The lowest BCUT2D eigenvalue weighted by Crippen LogP contribution is -2.50. The smallest absolute Gasteiger partial charge is 0.326 e. The van der Waals surface area contributed by atoms with Crippen molar-refractivity contribution >= 4 is 33.5 Å². The first kappa shape index (κ1) is 32.6. The molecule has 0 aliphatic carbocycles. The molecule has 1 aliphatic rings. The molecule has 2 heterocycles. The SMILES string of the molecule is COc1ccc(S(=O)(=O)NC(CNC(=O)c2ccc(N3CCC(Nc4ncccn4)CC3)c(F)c2)C(=O)OC(C)(C)C)cc1. The molecular formula is C30H37FN6O6S. The van der Waals surface area contributed by atoms with Gasteiger partial charge >= 0.3 is 5.97 Å². The van der Waals surface area contributed by atoms with Crippen molar-refractivity contribution in [3.05, 3.63) is 72.3 Å². The number of amides is 1. The van der Waals surface area contributed by atoms with Crippen molar-refractivity contribution < 1.29 is 31.9 Å². The number of benzene rings is 2. The summed E-state index contributed by atoms with van der Waals surface area (Å²) in [6.07, 6.45) is 4.82. The molecule has 2 aromatic carbocycles. The summed E-state index contributed by atoms with van der Waals surface area (Å²) in [5.74, 6) is -1.13. The van der Waals surface area contributed by atoms with Gasteiger partial charge in [0.25, 0.3) is 5.91 Å². The number of hydrogen-bond acceptors (Lipinski definition) is 10. The molecule has 1 aromatic heterocycles. The highest BCUT2D eigenvalue weighted by molar-refractivity contribution is 7.89. The van der Waals surface area contributed by atoms with Crippen LogP contribution in [0.4, 0.5) is 16.0 Å². The number of anilines is 2. The van der Waals surface area contributed by atoms with Crippen LogP contribution in [0.25, 0.3) is 0 Å². The molecule has 1 fully saturated rings. The molecule has 1 saturated heterocycles. The minimum absolute atomic E-state index is 0.0185. The van der Waals surface area contributed by atoms with Crippen molar-refractivity contribution in [1.82, 2.24) is 20.0 Å². The van der Waals surface area contributed by atoms with Crippen LogP contribution < -0.4 is 25.0 Å². The number of hydrogen-bond donors (Lipinski definition) is 3. The van der Waals surface area contributed by atoms with Gasteiger partial charge in [0, 0.05) is 43.6 Å². The summed E-state index contributed by atoms with van der Waals surface area (Å²) in [5.41, 5.74) is -0.524. The number of esters is 1. The van der Waals surface area contributed by atoms with Crippen LogP contribution in [0.3, 0.4) is 0 Å². The molecule has 0 radical (unpaired) electrons. The van der Waals surface area contributed by atoms with Gasteiger partial charge in [-0.3, -0.25) is 9.59 Å². The lowest BCUT2D eigenvalue weighted by molar-refractivity contribution is -0.156. The molecule has 1 aliphatic heterocycles. The summed E-state index contributed by atoms with van der Waals surface area (Å²) in [6, 6.07) is 10.2. The fourth-order valence-electron chi connectivity index (χ4n) is 4.58. The fourth-order valence-corrected chi connectivity index (χ4v) is 5.76. The van der Waals surface area contributed by atoms with E-state index in [1.807, 2.05) is 4.90 Å². The summed E-state index contributed by atoms with van der Waals surface area (Å²) in [4.78, 5) is 36.0. The zero-order chi connectivity index (χ0) is 31.9. The highest BCUT2D eigenvalue weighted by atomic mass is 32.2. The number of carbonyl (C=O) groups is 2. The second-order valence-corrected chi connectivity index (χ2v) is 13.0. The molecule has 14 heteroatoms. The highest BCUT2D eigenvalue weighted by Gasteiger charge is 2.31. The lowest BCUT2D eigenvalue weighted by atomic mass is 10.0. The molecule has 236 valence electrons. The molecule has 0 spiro atoms. The maximum Gasteiger partial charge on any atom is 0.326 e. The number of rotatable bonds is 11. The number of piperidine rings is 1. The lowest BCUT2D eigenvalue weighted by Gasteiger charge is -2.34. The average Bonchev–Trinajstić information content (AvgIpc) is 2.99. The van der Waals surface area contributed by atoms with Crippen molar-refractivity contribution in [3.8, 4) is 5.75 Å². The monoisotopic (exact) mass is 628 g/mol. The maximum atomic E-state index is 15.2. The van der Waals surface area contributed by atoms with E-state index in [1.165, 1.54) is 43.5 Å². The molecule has 0 saturated carbocycles. The number of aromatic nitrogens is 2. The number of nitrogens with zero attached hydrogens (tertiary/aromatic N) is 3. The Kier molecular flexibility index (Phi) is 10.4. The predicted molar refractivity (Wildman–Crippen MR) is 163 cm³/mol. The van der Waals surface area contributed by atoms with E-state index in [0.717, 1.165) is 18.9 Å². The third-order valence-electron chi connectivity index (χ3n) is 6.77. The van der Waals surface area contributed by atoms with E-state index in [9.17, 15) is 18.0 Å². The van der Waals surface area contributed by atoms with Crippen molar-refractivity contribution in [2.45, 2.75) is 56.2 Å². The van der Waals surface area contributed by atoms with Crippen LogP contribution in [0.1, 0.15) is 44.0 Å². The van der Waals surface area contributed by atoms with Crippen molar-refractivity contribution in [2.24, 2.45) is 0 Å². The summed E-state index contributed by atoms with van der Waals surface area (Å²) in [7, 11) is -2.73. The number of methoxy groups -OCH3 is 1. The van der Waals surface area contributed by atoms with Crippen molar-refractivity contribution in [3.63, 3.8) is 0 Å². The van der Waals surface area contributed by atoms with Gasteiger partial charge in [0.1, 0.15) is 23.2 Å². The van der Waals surface area contributed by atoms with Crippen LogP contribution in [-0.4, -0.2) is 74.7 Å². The topological polar surface area (TPSA) is 152 Å². The Morgan fingerprint density at radius 1 is 1.07 bits per heavy atom. The number of carbonyl (C=O) groups excluding carboxylic acids is 2. The minimum Gasteiger partial charge on any atom is -0.497 e. The molecule has 3 N–H and O–H groups in total. The Balaban J connectivity index is 1.39. The highest BCUT2D eigenvalue weighted by Crippen LogP contribution is 2.25. The van der Waals surface area contributed by atoms with Gasteiger partial charge in [0.15, 0.2) is 0 Å². The first-order chi connectivity index (χ1) is 20.8. The Morgan fingerprint density at radius 3 is 2.32 bits per heavy atom. The number of nitrogens with one attached hydrogen (secondary N) is 3. The third-order valence-corrected chi connectivity index (χ3v) is 8.26. The normalized spacial score (nSPS) is 14.9. The van der Waals surface area contributed by atoms with E-state index >= 15 is 4.39 Å². The summed E-state index contributed by atoms with van der Waals surface area (Å²) < 4.78 is 54.0. The van der Waals surface area contributed by atoms with Gasteiger partial charge in [-0.1, -0.05) is 0 Å². The zero-order valence-electron chi connectivity index (χ0n) is 25.0. The summed E-state index contributed by atoms with van der Waals surface area (Å²) in [6.45, 7) is 5.68. The third kappa shape index (κ3) is 8.86. The average molecular weight is 629 g/mol. The first-order valence-corrected chi connectivity index (χ1v) is 15.6. The van der Waals surface area contributed by atoms with Crippen LogP contribution in [0, 0.1) is 5.82 Å². The second kappa shape index (κ2) is 14.0. The quantitative estimate of drug-likeness (QED) is 0.270. The maximum absolute atomic E-state index is 15.2. The standard InChI is InChI=1S/C30H37FN6O6S/c1-30(2,3)43-28(39)25(36-44(40,41)23-9-7-22(42-4)8-10-23)19-34-27(38)20-6-11-26(24(31)18-20)37-16-12-21(13-17-37)35-29-32-14-5-15-33-29/h5-11,14-15,18,21,25,36H,12-13,16-17,19H2,1-4H3,(H,34,38)(H,32,33,35). The Labute approximate surface area is 256 Å². The summed E-state index contributed by atoms with van der Waals surface area (Å²) >= 11 is 0. The van der Waals surface area contributed by atoms with E-state index in [-0.39, 0.29) is 16.5 Å². The zero-order valence-corrected chi connectivity index (χ0v) is 25.9. The predicted octanol–water partition coefficient (Wildman–Crippen LogP) is 3.12. The van der Waals surface area contributed by atoms with Gasteiger partial charge in [-0.25, -0.2) is 22.8 Å². The van der Waals surface area contributed by atoms with Gasteiger partial charge in [-0.15, -0.1) is 0 Å². The molecule has 1 unspecified atom stereocenters. The van der Waals surface area contributed by atoms with Gasteiger partial charge in [0.2, 0.25) is 16.0 Å². The number of sulfonamides is 1. The van der Waals surface area contributed by atoms with Gasteiger partial charge in [-0.05, 0) is 82.1 Å². The van der Waals surface area contributed by atoms with Crippen LogP contribution in [-0.2, 0) is 19.6 Å². The van der Waals surface area contributed by atoms with E-state index in [4.69, 9.17) is 9.47 Å². The van der Waals surface area contributed by atoms with Crippen molar-refractivity contribution in [1.29, 1.82) is 0 Å². The molecule has 44 heavy (non-hydrogen) atoms. The van der Waals surface area contributed by atoms with Gasteiger partial charge in [0.05, 0.1) is 17.7 Å². The van der Waals surface area contributed by atoms with Crippen LogP contribution in [0.2, 0.25) is 0 Å². The molecular weight excluding hydrogens is 591 g/mol. The minimum atomic E-state index is -4.18. The van der Waals surface area contributed by atoms with E-state index < -0.39 is 45.9 Å². The van der Waals surface area contributed by atoms with Crippen molar-refractivity contribution in [2.75, 3.05) is 37.0 Å². The summed E-state index contributed by atoms with van der Waals surface area (Å²) in [5, 5.41) is 5.81. The molecule has 12 nitrogen and oxygen atoms in total. The molecule has 3 aromatic rings. The molecule has 4 rings (SSSR count). The Bertz CT molecular complexity index is 1540. The van der Waals surface area contributed by atoms with Gasteiger partial charge < -0.3 is 25.0 Å². The Morgan fingerprint density at radius 2 is 1.73 bits per heavy atom. The van der Waals surface area contributed by atoms with E-state index in [2.05, 4.69) is 25.3 Å². The van der Waals surface area contributed by atoms with E-state index in [1.54, 1.807) is 39.2 Å². The number of halogens is 1. The van der Waals surface area contributed by atoms with Crippen LogP contribution >= 0.6 is 0 Å². The first-order valence-electron chi connectivity index (χ1n) is 14.1. The largest absolute Gasteiger partial charge is 0.497 e. The fraction of sp³-hybridized carbons (Fsp3) is 0.400. The van der Waals surface area contributed by atoms with Crippen LogP contribution in [0.5, 0.6) is 5.75 Å².